The van der Waals surface area contributed by atoms with Crippen LogP contribution in [0.3, 0.4) is 0 Å². The van der Waals surface area contributed by atoms with Crippen LogP contribution in [0.4, 0.5) is 11.4 Å². The molecule has 1 aliphatic carbocycles. The first kappa shape index (κ1) is 24.6. The lowest BCUT2D eigenvalue weighted by Gasteiger charge is -2.35. The van der Waals surface area contributed by atoms with Crippen LogP contribution in [0.2, 0.25) is 0 Å². The van der Waals surface area contributed by atoms with Crippen LogP contribution in [-0.4, -0.2) is 25.9 Å². The second-order valence-corrected chi connectivity index (χ2v) is 9.64. The van der Waals surface area contributed by atoms with Gasteiger partial charge in [0.1, 0.15) is 5.76 Å². The van der Waals surface area contributed by atoms with Crippen LogP contribution in [0.1, 0.15) is 46.5 Å². The minimum atomic E-state index is -0.700. The number of carbonyl (C=O) groups is 2. The highest BCUT2D eigenvalue weighted by Gasteiger charge is 2.42. The number of fused-ring (bicyclic) bond motifs is 1. The summed E-state index contributed by atoms with van der Waals surface area (Å²) in [7, 11) is 3.15. The van der Waals surface area contributed by atoms with Crippen molar-refractivity contribution in [2.75, 3.05) is 24.4 Å². The summed E-state index contributed by atoms with van der Waals surface area (Å²) in [5.74, 6) is 1.51. The molecule has 1 amide bonds. The molecule has 1 aliphatic heterocycles. The number of allylic oxidation sites excluding steroid dienone is 1. The van der Waals surface area contributed by atoms with Crippen LogP contribution in [0.25, 0.3) is 0 Å². The fraction of sp³-hybridized carbons (Fsp3) is 0.188. The number of Topliss-reactive ketones (excluding diaryl/α,β-unsaturated/α-hetero) is 1. The van der Waals surface area contributed by atoms with E-state index in [9.17, 15) is 9.59 Å². The summed E-state index contributed by atoms with van der Waals surface area (Å²) in [6.45, 7) is 0. The Bertz CT molecular complexity index is 1560. The number of anilines is 2. The molecule has 0 bridgehead atoms. The molecule has 0 saturated carbocycles. The number of nitrogens with zero attached hydrogens (tertiary/aromatic N) is 1. The van der Waals surface area contributed by atoms with Crippen molar-refractivity contribution in [1.29, 1.82) is 0 Å². The number of hydrogen-bond acceptors (Lipinski definition) is 6. The first-order valence-corrected chi connectivity index (χ1v) is 12.8. The zero-order valence-corrected chi connectivity index (χ0v) is 21.7. The Balaban J connectivity index is 1.59. The first-order chi connectivity index (χ1) is 19.1. The minimum Gasteiger partial charge on any atom is -0.493 e. The highest BCUT2D eigenvalue weighted by molar-refractivity contribution is 6.12. The van der Waals surface area contributed by atoms with Gasteiger partial charge < -0.3 is 19.2 Å². The molecule has 0 unspecified atom stereocenters. The van der Waals surface area contributed by atoms with Crippen LogP contribution in [0, 0.1) is 0 Å². The van der Waals surface area contributed by atoms with Gasteiger partial charge in [0, 0.05) is 29.2 Å². The fourth-order valence-corrected chi connectivity index (χ4v) is 5.60. The summed E-state index contributed by atoms with van der Waals surface area (Å²) in [6, 6.07) is 25.4. The molecule has 2 atom stereocenters. The van der Waals surface area contributed by atoms with E-state index in [-0.39, 0.29) is 24.0 Å². The predicted octanol–water partition coefficient (Wildman–Crippen LogP) is 6.51. The van der Waals surface area contributed by atoms with Crippen molar-refractivity contribution in [1.82, 2.24) is 0 Å². The molecule has 0 saturated heterocycles. The summed E-state index contributed by atoms with van der Waals surface area (Å²) < 4.78 is 16.8. The molecular formula is C32H28N2O5. The topological polar surface area (TPSA) is 81.0 Å². The molecule has 0 radical (unpaired) electrons. The van der Waals surface area contributed by atoms with Gasteiger partial charge >= 0.3 is 0 Å². The van der Waals surface area contributed by atoms with E-state index < -0.39 is 6.04 Å². The fourth-order valence-electron chi connectivity index (χ4n) is 5.60. The summed E-state index contributed by atoms with van der Waals surface area (Å²) >= 11 is 0. The number of carbonyl (C=O) groups excluding carboxylic acids is 2. The van der Waals surface area contributed by atoms with Crippen molar-refractivity contribution in [2.24, 2.45) is 0 Å². The van der Waals surface area contributed by atoms with E-state index in [4.69, 9.17) is 13.9 Å². The number of benzene rings is 3. The van der Waals surface area contributed by atoms with Crippen molar-refractivity contribution in [2.45, 2.75) is 24.8 Å². The van der Waals surface area contributed by atoms with Crippen LogP contribution in [0.5, 0.6) is 11.5 Å². The third kappa shape index (κ3) is 4.36. The van der Waals surface area contributed by atoms with Gasteiger partial charge in [-0.25, -0.2) is 0 Å². The van der Waals surface area contributed by atoms with Gasteiger partial charge in [-0.3, -0.25) is 14.5 Å². The second kappa shape index (κ2) is 10.2. The number of ketones is 1. The monoisotopic (exact) mass is 520 g/mol. The molecule has 4 aromatic rings. The largest absolute Gasteiger partial charge is 0.493 e. The van der Waals surface area contributed by atoms with Gasteiger partial charge in [-0.15, -0.1) is 0 Å². The molecule has 7 heteroatoms. The van der Waals surface area contributed by atoms with Crippen molar-refractivity contribution >= 4 is 23.1 Å². The molecule has 196 valence electrons. The number of para-hydroxylation sites is 2. The third-order valence-corrected chi connectivity index (χ3v) is 7.40. The van der Waals surface area contributed by atoms with E-state index >= 15 is 0 Å². The van der Waals surface area contributed by atoms with Gasteiger partial charge in [0.05, 0.1) is 37.9 Å². The smallest absolute Gasteiger partial charge is 0.259 e. The summed E-state index contributed by atoms with van der Waals surface area (Å²) in [6.07, 6.45) is 2.48. The van der Waals surface area contributed by atoms with Gasteiger partial charge in [0.2, 0.25) is 0 Å². The summed E-state index contributed by atoms with van der Waals surface area (Å²) in [4.78, 5) is 30.1. The number of rotatable bonds is 5. The lowest BCUT2D eigenvalue weighted by atomic mass is 9.80. The van der Waals surface area contributed by atoms with Gasteiger partial charge in [-0.05, 0) is 60.5 Å². The molecule has 3 aromatic carbocycles. The zero-order chi connectivity index (χ0) is 26.9. The highest BCUT2D eigenvalue weighted by Crippen LogP contribution is 2.48. The van der Waals surface area contributed by atoms with Gasteiger partial charge in [-0.1, -0.05) is 36.4 Å². The maximum Gasteiger partial charge on any atom is 0.259 e. The molecule has 39 heavy (non-hydrogen) atoms. The van der Waals surface area contributed by atoms with E-state index in [0.29, 0.717) is 34.7 Å². The highest BCUT2D eigenvalue weighted by atomic mass is 16.5. The molecular weight excluding hydrogens is 492 g/mol. The molecule has 2 heterocycles. The number of ether oxygens (including phenoxy) is 2. The third-order valence-electron chi connectivity index (χ3n) is 7.40. The number of methoxy groups -OCH3 is 2. The lowest BCUT2D eigenvalue weighted by molar-refractivity contribution is -0.116. The molecule has 2 aliphatic rings. The van der Waals surface area contributed by atoms with Crippen molar-refractivity contribution in [3.63, 3.8) is 0 Å². The number of furan rings is 1. The maximum absolute atomic E-state index is 14.3. The van der Waals surface area contributed by atoms with E-state index in [2.05, 4.69) is 5.32 Å². The second-order valence-electron chi connectivity index (χ2n) is 9.64. The standard InChI is InChI=1S/C32H28N2O5/c1-37-28-15-14-21(19-29(28)38-2)31-30-24(17-22(18-26(30)35)27-13-8-16-39-27)33-23-11-6-7-12-25(23)34(31)32(36)20-9-4-3-5-10-20/h3-16,19,22,31,33H,17-18H2,1-2H3/t22-,31+/m1/s1. The number of amides is 1. The molecule has 0 fully saturated rings. The van der Waals surface area contributed by atoms with E-state index in [1.807, 2.05) is 72.8 Å². The van der Waals surface area contributed by atoms with Crippen LogP contribution in [0.15, 0.2) is 107 Å². The predicted molar refractivity (Wildman–Crippen MR) is 148 cm³/mol. The average Bonchev–Trinajstić information content (AvgIpc) is 3.47. The Morgan fingerprint density at radius 2 is 1.67 bits per heavy atom. The maximum atomic E-state index is 14.3. The molecule has 7 nitrogen and oxygen atoms in total. The van der Waals surface area contributed by atoms with Crippen molar-refractivity contribution in [3.05, 3.63) is 119 Å². The molecule has 0 spiro atoms. The van der Waals surface area contributed by atoms with Gasteiger partial charge in [0.15, 0.2) is 17.3 Å². The van der Waals surface area contributed by atoms with Gasteiger partial charge in [-0.2, -0.15) is 0 Å². The van der Waals surface area contributed by atoms with Crippen molar-refractivity contribution in [3.8, 4) is 11.5 Å². The number of hydrogen-bond donors (Lipinski definition) is 1. The molecule has 1 N–H and O–H groups in total. The Labute approximate surface area is 226 Å². The number of nitrogens with one attached hydrogen (secondary N) is 1. The average molecular weight is 521 g/mol. The SMILES string of the molecule is COc1ccc([C@H]2C3=C(C[C@@H](c4ccco4)CC3=O)Nc3ccccc3N2C(=O)c2ccccc2)cc1OC. The van der Waals surface area contributed by atoms with E-state index in [1.165, 1.54) is 0 Å². The van der Waals surface area contributed by atoms with Crippen LogP contribution in [-0.2, 0) is 4.79 Å². The minimum absolute atomic E-state index is 0.0383. The Morgan fingerprint density at radius 3 is 2.41 bits per heavy atom. The van der Waals surface area contributed by atoms with Crippen molar-refractivity contribution < 1.29 is 23.5 Å². The lowest BCUT2D eigenvalue weighted by Crippen LogP contribution is -2.38. The Kier molecular flexibility index (Phi) is 6.40. The zero-order valence-electron chi connectivity index (χ0n) is 21.7. The molecule has 1 aromatic heterocycles. The van der Waals surface area contributed by atoms with Gasteiger partial charge in [0.25, 0.3) is 5.91 Å². The quantitative estimate of drug-likeness (QED) is 0.323. The van der Waals surface area contributed by atoms with E-state index in [1.54, 1.807) is 37.5 Å². The normalized spacial score (nSPS) is 18.5. The Hall–Kier alpha value is -4.78. The van der Waals surface area contributed by atoms with Crippen LogP contribution < -0.4 is 19.7 Å². The Morgan fingerprint density at radius 1 is 0.897 bits per heavy atom. The van der Waals surface area contributed by atoms with Crippen LogP contribution >= 0.6 is 0 Å². The first-order valence-electron chi connectivity index (χ1n) is 12.8. The summed E-state index contributed by atoms with van der Waals surface area (Å²) in [5, 5.41) is 3.54. The van der Waals surface area contributed by atoms with E-state index in [0.717, 1.165) is 22.7 Å². The summed E-state index contributed by atoms with van der Waals surface area (Å²) in [5.41, 5.74) is 4.05. The molecule has 6 rings (SSSR count).